The molecule has 1 aromatic rings. The quantitative estimate of drug-likeness (QED) is 0.104. The molecule has 0 saturated heterocycles. The largest absolute Gasteiger partial charge is 0.494 e. The van der Waals surface area contributed by atoms with Gasteiger partial charge in [-0.25, -0.2) is 0 Å². The number of hydrogen-bond acceptors (Lipinski definition) is 7. The maximum absolute atomic E-state index is 10.8. The van der Waals surface area contributed by atoms with Gasteiger partial charge in [0.25, 0.3) is 6.47 Å². The lowest BCUT2D eigenvalue weighted by atomic mass is 10.1. The number of hydrogen-bond donors (Lipinski definition) is 2. The lowest BCUT2D eigenvalue weighted by Gasteiger charge is -2.17. The van der Waals surface area contributed by atoms with E-state index in [1.54, 1.807) is 0 Å². The summed E-state index contributed by atoms with van der Waals surface area (Å²) in [5, 5.41) is 3.01. The van der Waals surface area contributed by atoms with Crippen molar-refractivity contribution >= 4 is 15.1 Å². The lowest BCUT2D eigenvalue weighted by molar-refractivity contribution is -0.135. The van der Waals surface area contributed by atoms with Gasteiger partial charge in [0.15, 0.2) is 0 Å². The molecule has 196 valence electrons. The normalized spacial score (nSPS) is 12.9. The van der Waals surface area contributed by atoms with Gasteiger partial charge in [0.1, 0.15) is 11.9 Å². The maximum atomic E-state index is 10.8. The summed E-state index contributed by atoms with van der Waals surface area (Å²) in [6.07, 6.45) is 13.9. The first-order valence-corrected chi connectivity index (χ1v) is 14.0. The van der Waals surface area contributed by atoms with Crippen molar-refractivity contribution in [1.82, 2.24) is 5.32 Å². The first kappa shape index (κ1) is 30.8. The molecule has 1 rings (SSSR count). The molecule has 0 bridgehead atoms. The first-order chi connectivity index (χ1) is 16.7. The number of nitrogens with one attached hydrogen (secondary N) is 1. The maximum Gasteiger partial charge on any atom is 0.329 e. The van der Waals surface area contributed by atoms with Gasteiger partial charge < -0.3 is 28.7 Å². The molecule has 0 amide bonds. The van der Waals surface area contributed by atoms with Gasteiger partial charge in [-0.05, 0) is 44.1 Å². The van der Waals surface area contributed by atoms with Crippen LogP contribution in [0.3, 0.4) is 0 Å². The van der Waals surface area contributed by atoms with Crippen LogP contribution in [0.4, 0.5) is 0 Å². The van der Waals surface area contributed by atoms with Crippen LogP contribution < -0.4 is 10.1 Å². The number of benzene rings is 1. The molecule has 8 heteroatoms. The van der Waals surface area contributed by atoms with Crippen LogP contribution in [-0.2, 0) is 25.0 Å². The van der Waals surface area contributed by atoms with E-state index >= 15 is 0 Å². The number of rotatable bonds is 24. The van der Waals surface area contributed by atoms with Crippen LogP contribution in [-0.4, -0.2) is 50.9 Å². The van der Waals surface area contributed by atoms with Crippen LogP contribution in [0, 0.1) is 0 Å². The molecule has 7 nitrogen and oxygen atoms in total. The Labute approximate surface area is 207 Å². The molecular weight excluding hydrogens is 453 g/mol. The van der Waals surface area contributed by atoms with Crippen LogP contribution >= 0.6 is 8.60 Å². The van der Waals surface area contributed by atoms with Crippen molar-refractivity contribution in [3.05, 3.63) is 29.8 Å². The molecule has 2 atom stereocenters. The molecule has 0 radical (unpaired) electrons. The number of carbonyl (C=O) groups is 1. The second-order valence-corrected chi connectivity index (χ2v) is 9.55. The van der Waals surface area contributed by atoms with E-state index in [2.05, 4.69) is 12.2 Å². The van der Waals surface area contributed by atoms with E-state index in [-0.39, 0.29) is 6.61 Å². The highest BCUT2D eigenvalue weighted by Crippen LogP contribution is 2.33. The Kier molecular flexibility index (Phi) is 20.1. The van der Waals surface area contributed by atoms with E-state index in [4.69, 9.17) is 18.5 Å². The fraction of sp³-hybridized carbons (Fsp3) is 0.731. The highest BCUT2D eigenvalue weighted by atomic mass is 31.2. The summed E-state index contributed by atoms with van der Waals surface area (Å²) >= 11 is 0. The molecule has 1 aromatic carbocycles. The fourth-order valence-electron chi connectivity index (χ4n) is 3.56. The van der Waals surface area contributed by atoms with Crippen LogP contribution in [0.5, 0.6) is 5.75 Å². The van der Waals surface area contributed by atoms with Gasteiger partial charge in [-0.15, -0.1) is 0 Å². The molecular formula is C26H46NO6P. The minimum atomic E-state index is -1.98. The van der Waals surface area contributed by atoms with Gasteiger partial charge in [0.2, 0.25) is 0 Å². The molecule has 0 aliphatic carbocycles. The predicted molar refractivity (Wildman–Crippen MR) is 138 cm³/mol. The zero-order valence-corrected chi connectivity index (χ0v) is 22.1. The molecule has 0 aromatic heterocycles. The summed E-state index contributed by atoms with van der Waals surface area (Å²) in [7, 11) is -0.123. The third-order valence-corrected chi connectivity index (χ3v) is 6.32. The van der Waals surface area contributed by atoms with Crippen LogP contribution in [0.2, 0.25) is 0 Å². The Morgan fingerprint density at radius 1 is 0.912 bits per heavy atom. The SMILES string of the molecule is CCCCCCCCCCCCOc1ccc(CC(COP(O)OCCCNC)OC=O)cc1. The average Bonchev–Trinajstić information content (AvgIpc) is 2.85. The minimum Gasteiger partial charge on any atom is -0.494 e. The zero-order valence-electron chi connectivity index (χ0n) is 21.2. The topological polar surface area (TPSA) is 86.2 Å². The van der Waals surface area contributed by atoms with Crippen molar-refractivity contribution in [2.45, 2.75) is 90.1 Å². The van der Waals surface area contributed by atoms with Gasteiger partial charge in [-0.3, -0.25) is 4.79 Å². The first-order valence-electron chi connectivity index (χ1n) is 12.9. The average molecular weight is 500 g/mol. The van der Waals surface area contributed by atoms with Crippen molar-refractivity contribution in [3.8, 4) is 5.75 Å². The van der Waals surface area contributed by atoms with Crippen molar-refractivity contribution in [3.63, 3.8) is 0 Å². The third-order valence-electron chi connectivity index (χ3n) is 5.55. The highest BCUT2D eigenvalue weighted by molar-refractivity contribution is 7.40. The van der Waals surface area contributed by atoms with Gasteiger partial charge in [0, 0.05) is 6.42 Å². The number of ether oxygens (including phenoxy) is 2. The van der Waals surface area contributed by atoms with E-state index in [9.17, 15) is 9.69 Å². The zero-order chi connectivity index (χ0) is 24.7. The summed E-state index contributed by atoms with van der Waals surface area (Å²) < 4.78 is 21.5. The molecule has 0 saturated carbocycles. The van der Waals surface area contributed by atoms with Crippen molar-refractivity contribution in [2.75, 3.05) is 33.4 Å². The van der Waals surface area contributed by atoms with Gasteiger partial charge in [-0.1, -0.05) is 76.8 Å². The van der Waals surface area contributed by atoms with Crippen molar-refractivity contribution in [2.24, 2.45) is 0 Å². The molecule has 0 aliphatic rings. The molecule has 0 fully saturated rings. The van der Waals surface area contributed by atoms with E-state index in [1.807, 2.05) is 31.3 Å². The Hall–Kier alpha value is -1.24. The fourth-order valence-corrected chi connectivity index (χ4v) is 4.22. The van der Waals surface area contributed by atoms with Crippen molar-refractivity contribution in [1.29, 1.82) is 0 Å². The van der Waals surface area contributed by atoms with E-state index in [1.165, 1.54) is 57.8 Å². The molecule has 0 aliphatic heterocycles. The van der Waals surface area contributed by atoms with Crippen molar-refractivity contribution < 1.29 is 28.2 Å². The second-order valence-electron chi connectivity index (χ2n) is 8.56. The van der Waals surface area contributed by atoms with Crippen LogP contribution in [0.1, 0.15) is 83.1 Å². The molecule has 0 heterocycles. The summed E-state index contributed by atoms with van der Waals surface area (Å²) in [6.45, 7) is 4.68. The molecule has 0 spiro atoms. The van der Waals surface area contributed by atoms with Gasteiger partial charge in [-0.2, -0.15) is 0 Å². The van der Waals surface area contributed by atoms with Gasteiger partial charge in [0.05, 0.1) is 19.8 Å². The standard InChI is InChI=1S/C26H46NO6P/c1-3-4-5-6-7-8-9-10-11-12-19-30-25-16-14-24(15-17-25)21-26(31-23-28)22-33-34(29)32-20-13-18-27-2/h14-17,23,26-27,29H,3-13,18-22H2,1-2H3. The number of carbonyl (C=O) groups excluding carboxylic acids is 1. The summed E-state index contributed by atoms with van der Waals surface area (Å²) in [5.41, 5.74) is 0.999. The highest BCUT2D eigenvalue weighted by Gasteiger charge is 2.15. The van der Waals surface area contributed by atoms with E-state index in [0.29, 0.717) is 19.5 Å². The van der Waals surface area contributed by atoms with Gasteiger partial charge >= 0.3 is 8.60 Å². The van der Waals surface area contributed by atoms with E-state index < -0.39 is 14.7 Å². The monoisotopic (exact) mass is 499 g/mol. The Balaban J connectivity index is 2.18. The number of unbranched alkanes of at least 4 members (excludes halogenated alkanes) is 9. The minimum absolute atomic E-state index is 0.0734. The second kappa shape index (κ2) is 22.2. The van der Waals surface area contributed by atoms with Crippen LogP contribution in [0.15, 0.2) is 24.3 Å². The van der Waals surface area contributed by atoms with Crippen LogP contribution in [0.25, 0.3) is 0 Å². The molecule has 2 unspecified atom stereocenters. The summed E-state index contributed by atoms with van der Waals surface area (Å²) in [6, 6.07) is 7.80. The Bertz CT molecular complexity index is 589. The lowest BCUT2D eigenvalue weighted by Crippen LogP contribution is -2.21. The van der Waals surface area contributed by atoms with E-state index in [0.717, 1.165) is 37.3 Å². The third kappa shape index (κ3) is 17.2. The smallest absolute Gasteiger partial charge is 0.329 e. The predicted octanol–water partition coefficient (Wildman–Crippen LogP) is 5.93. The molecule has 34 heavy (non-hydrogen) atoms. The Morgan fingerprint density at radius 3 is 2.18 bits per heavy atom. The Morgan fingerprint density at radius 2 is 1.56 bits per heavy atom. The summed E-state index contributed by atoms with van der Waals surface area (Å²) in [4.78, 5) is 20.6. The molecule has 2 N–H and O–H groups in total. The summed E-state index contributed by atoms with van der Waals surface area (Å²) in [5.74, 6) is 0.845.